The van der Waals surface area contributed by atoms with Crippen LogP contribution in [0.25, 0.3) is 0 Å². The summed E-state index contributed by atoms with van der Waals surface area (Å²) in [6, 6.07) is 2.11. The van der Waals surface area contributed by atoms with Gasteiger partial charge in [0, 0.05) is 19.0 Å². The highest BCUT2D eigenvalue weighted by atomic mass is 16.2. The molecular weight excluding hydrogens is 190 g/mol. The first-order valence-corrected chi connectivity index (χ1v) is 5.40. The Morgan fingerprint density at radius 3 is 2.60 bits per heavy atom. The third-order valence-electron chi connectivity index (χ3n) is 2.62. The number of hydrogen-bond donors (Lipinski definition) is 1. The average molecular weight is 211 g/mol. The highest BCUT2D eigenvalue weighted by Crippen LogP contribution is 1.98. The zero-order valence-electron chi connectivity index (χ0n) is 10.1. The first-order chi connectivity index (χ1) is 7.02. The summed E-state index contributed by atoms with van der Waals surface area (Å²) in [5, 5.41) is 11.4. The molecule has 0 aliphatic heterocycles. The van der Waals surface area contributed by atoms with Crippen LogP contribution in [-0.2, 0) is 4.79 Å². The lowest BCUT2D eigenvalue weighted by Gasteiger charge is -2.24. The molecule has 4 heteroatoms. The molecule has 2 unspecified atom stereocenters. The molecule has 0 bridgehead atoms. The van der Waals surface area contributed by atoms with E-state index in [-0.39, 0.29) is 18.0 Å². The van der Waals surface area contributed by atoms with Gasteiger partial charge in [0.2, 0.25) is 5.91 Å². The molecule has 0 saturated heterocycles. The van der Waals surface area contributed by atoms with E-state index in [1.54, 1.807) is 0 Å². The van der Waals surface area contributed by atoms with Gasteiger partial charge >= 0.3 is 0 Å². The zero-order chi connectivity index (χ0) is 11.8. The number of hydrogen-bond acceptors (Lipinski definition) is 3. The van der Waals surface area contributed by atoms with Gasteiger partial charge in [-0.1, -0.05) is 6.92 Å². The van der Waals surface area contributed by atoms with Gasteiger partial charge in [-0.25, -0.2) is 0 Å². The normalized spacial score (nSPS) is 14.4. The van der Waals surface area contributed by atoms with Crippen molar-refractivity contribution in [3.8, 4) is 6.07 Å². The van der Waals surface area contributed by atoms with Crippen molar-refractivity contribution >= 4 is 5.91 Å². The summed E-state index contributed by atoms with van der Waals surface area (Å²) in [7, 11) is 1.86. The Kier molecular flexibility index (Phi) is 6.72. The molecule has 4 nitrogen and oxygen atoms in total. The SMILES string of the molecule is CCC(C)NC(=O)C(C)N(C)CCC#N. The lowest BCUT2D eigenvalue weighted by atomic mass is 10.2. The smallest absolute Gasteiger partial charge is 0.237 e. The van der Waals surface area contributed by atoms with Crippen LogP contribution in [0.2, 0.25) is 0 Å². The van der Waals surface area contributed by atoms with E-state index in [2.05, 4.69) is 11.4 Å². The molecule has 15 heavy (non-hydrogen) atoms. The van der Waals surface area contributed by atoms with Gasteiger partial charge < -0.3 is 5.32 Å². The second kappa shape index (κ2) is 7.24. The number of rotatable bonds is 6. The van der Waals surface area contributed by atoms with Crippen molar-refractivity contribution in [2.24, 2.45) is 0 Å². The first kappa shape index (κ1) is 13.9. The molecule has 0 radical (unpaired) electrons. The molecule has 0 heterocycles. The Morgan fingerprint density at radius 2 is 2.13 bits per heavy atom. The summed E-state index contributed by atoms with van der Waals surface area (Å²) in [5.74, 6) is 0.0322. The summed E-state index contributed by atoms with van der Waals surface area (Å²) in [6.45, 7) is 6.51. The van der Waals surface area contributed by atoms with E-state index >= 15 is 0 Å². The van der Waals surface area contributed by atoms with Crippen molar-refractivity contribution in [1.29, 1.82) is 5.26 Å². The molecule has 0 rings (SSSR count). The quantitative estimate of drug-likeness (QED) is 0.716. The number of amides is 1. The van der Waals surface area contributed by atoms with Crippen LogP contribution in [0.5, 0.6) is 0 Å². The summed E-state index contributed by atoms with van der Waals surface area (Å²) in [6.07, 6.45) is 1.39. The van der Waals surface area contributed by atoms with Crippen LogP contribution in [0, 0.1) is 11.3 Å². The highest BCUT2D eigenvalue weighted by Gasteiger charge is 2.18. The molecule has 0 aromatic carbocycles. The number of carbonyl (C=O) groups is 1. The van der Waals surface area contributed by atoms with Crippen molar-refractivity contribution in [3.05, 3.63) is 0 Å². The average Bonchev–Trinajstić information content (AvgIpc) is 2.24. The summed E-state index contributed by atoms with van der Waals surface area (Å²) >= 11 is 0. The molecule has 0 aromatic heterocycles. The maximum absolute atomic E-state index is 11.7. The van der Waals surface area contributed by atoms with Gasteiger partial charge in [0.1, 0.15) is 0 Å². The van der Waals surface area contributed by atoms with Gasteiger partial charge in [0.05, 0.1) is 12.1 Å². The van der Waals surface area contributed by atoms with Gasteiger partial charge in [-0.3, -0.25) is 9.69 Å². The van der Waals surface area contributed by atoms with Crippen molar-refractivity contribution in [2.45, 2.75) is 45.7 Å². The van der Waals surface area contributed by atoms with Crippen LogP contribution < -0.4 is 5.32 Å². The third kappa shape index (κ3) is 5.38. The highest BCUT2D eigenvalue weighted by molar-refractivity contribution is 5.81. The minimum Gasteiger partial charge on any atom is -0.352 e. The van der Waals surface area contributed by atoms with Gasteiger partial charge in [0.15, 0.2) is 0 Å². The Morgan fingerprint density at radius 1 is 1.53 bits per heavy atom. The molecule has 1 N–H and O–H groups in total. The molecule has 1 amide bonds. The molecular formula is C11H21N3O. The van der Waals surface area contributed by atoms with Crippen LogP contribution in [0.4, 0.5) is 0 Å². The first-order valence-electron chi connectivity index (χ1n) is 5.40. The molecule has 2 atom stereocenters. The Labute approximate surface area is 92.3 Å². The third-order valence-corrected chi connectivity index (χ3v) is 2.62. The molecule has 0 aliphatic carbocycles. The van der Waals surface area contributed by atoms with E-state index in [0.717, 1.165) is 6.42 Å². The van der Waals surface area contributed by atoms with Crippen molar-refractivity contribution in [2.75, 3.05) is 13.6 Å². The van der Waals surface area contributed by atoms with Crippen LogP contribution in [0.3, 0.4) is 0 Å². The predicted octanol–water partition coefficient (Wildman–Crippen LogP) is 1.14. The van der Waals surface area contributed by atoms with Gasteiger partial charge in [-0.05, 0) is 27.3 Å². The second-order valence-corrected chi connectivity index (χ2v) is 3.88. The summed E-state index contributed by atoms with van der Waals surface area (Å²) in [4.78, 5) is 13.6. The van der Waals surface area contributed by atoms with E-state index in [1.165, 1.54) is 0 Å². The molecule has 0 spiro atoms. The largest absolute Gasteiger partial charge is 0.352 e. The predicted molar refractivity (Wildman–Crippen MR) is 60.2 cm³/mol. The van der Waals surface area contributed by atoms with Crippen LogP contribution in [0.15, 0.2) is 0 Å². The lowest BCUT2D eigenvalue weighted by molar-refractivity contribution is -0.126. The Hall–Kier alpha value is -1.08. The van der Waals surface area contributed by atoms with Crippen LogP contribution >= 0.6 is 0 Å². The fourth-order valence-electron chi connectivity index (χ4n) is 1.09. The number of likely N-dealkylation sites (N-methyl/N-ethyl adjacent to an activating group) is 1. The van der Waals surface area contributed by atoms with E-state index < -0.39 is 0 Å². The second-order valence-electron chi connectivity index (χ2n) is 3.88. The van der Waals surface area contributed by atoms with E-state index in [9.17, 15) is 4.79 Å². The minimum absolute atomic E-state index is 0.0322. The summed E-state index contributed by atoms with van der Waals surface area (Å²) in [5.41, 5.74) is 0. The maximum atomic E-state index is 11.7. The van der Waals surface area contributed by atoms with Crippen LogP contribution in [-0.4, -0.2) is 36.5 Å². The molecule has 0 saturated carbocycles. The summed E-state index contributed by atoms with van der Waals surface area (Å²) < 4.78 is 0. The molecule has 86 valence electrons. The lowest BCUT2D eigenvalue weighted by Crippen LogP contribution is -2.46. The van der Waals surface area contributed by atoms with E-state index in [1.807, 2.05) is 32.7 Å². The van der Waals surface area contributed by atoms with E-state index in [4.69, 9.17) is 5.26 Å². The van der Waals surface area contributed by atoms with Crippen molar-refractivity contribution in [1.82, 2.24) is 10.2 Å². The molecule has 0 fully saturated rings. The number of nitrogens with one attached hydrogen (secondary N) is 1. The van der Waals surface area contributed by atoms with Crippen LogP contribution in [0.1, 0.15) is 33.6 Å². The minimum atomic E-state index is -0.174. The topological polar surface area (TPSA) is 56.1 Å². The number of nitriles is 1. The molecule has 0 aliphatic rings. The van der Waals surface area contributed by atoms with Gasteiger partial charge in [0.25, 0.3) is 0 Å². The number of nitrogens with zero attached hydrogens (tertiary/aromatic N) is 2. The van der Waals surface area contributed by atoms with Gasteiger partial charge in [-0.15, -0.1) is 0 Å². The van der Waals surface area contributed by atoms with Crippen molar-refractivity contribution < 1.29 is 4.79 Å². The maximum Gasteiger partial charge on any atom is 0.237 e. The van der Waals surface area contributed by atoms with Gasteiger partial charge in [-0.2, -0.15) is 5.26 Å². The fourth-order valence-corrected chi connectivity index (χ4v) is 1.09. The monoisotopic (exact) mass is 211 g/mol. The standard InChI is InChI=1S/C11H21N3O/c1-5-9(2)13-11(15)10(3)14(4)8-6-7-12/h9-10H,5-6,8H2,1-4H3,(H,13,15). The number of carbonyl (C=O) groups excluding carboxylic acids is 1. The Balaban J connectivity index is 4.02. The van der Waals surface area contributed by atoms with Crippen molar-refractivity contribution in [3.63, 3.8) is 0 Å². The zero-order valence-corrected chi connectivity index (χ0v) is 10.1. The Bertz CT molecular complexity index is 234. The fraction of sp³-hybridized carbons (Fsp3) is 0.818. The molecule has 0 aromatic rings. The van der Waals surface area contributed by atoms with E-state index in [0.29, 0.717) is 13.0 Å².